The van der Waals surface area contributed by atoms with E-state index in [4.69, 9.17) is 4.74 Å². The van der Waals surface area contributed by atoms with Gasteiger partial charge in [-0.1, -0.05) is 6.58 Å². The van der Waals surface area contributed by atoms with Gasteiger partial charge in [0.15, 0.2) is 5.78 Å². The summed E-state index contributed by atoms with van der Waals surface area (Å²) in [5.41, 5.74) is -0.540. The lowest BCUT2D eigenvalue weighted by Crippen LogP contribution is -2.35. The predicted octanol–water partition coefficient (Wildman–Crippen LogP) is 1.27. The van der Waals surface area contributed by atoms with Crippen molar-refractivity contribution in [1.29, 1.82) is 0 Å². The Hall–Kier alpha value is -1.32. The number of hydrogen-bond donors (Lipinski definition) is 1. The van der Waals surface area contributed by atoms with Gasteiger partial charge >= 0.3 is 6.09 Å². The van der Waals surface area contributed by atoms with Crippen molar-refractivity contribution in [3.63, 3.8) is 0 Å². The van der Waals surface area contributed by atoms with Gasteiger partial charge in [0.25, 0.3) is 0 Å². The van der Waals surface area contributed by atoms with Crippen LogP contribution in [0, 0.1) is 0 Å². The molecule has 74 valence electrons. The van der Waals surface area contributed by atoms with E-state index < -0.39 is 11.7 Å². The first kappa shape index (κ1) is 11.7. The van der Waals surface area contributed by atoms with E-state index in [1.807, 2.05) is 0 Å². The van der Waals surface area contributed by atoms with Gasteiger partial charge in [-0.15, -0.1) is 0 Å². The van der Waals surface area contributed by atoms with Crippen molar-refractivity contribution < 1.29 is 14.3 Å². The van der Waals surface area contributed by atoms with Gasteiger partial charge in [-0.05, 0) is 26.8 Å². The molecule has 0 aliphatic carbocycles. The first-order chi connectivity index (χ1) is 5.85. The molecule has 1 amide bonds. The molecule has 0 atom stereocenters. The fraction of sp³-hybridized carbons (Fsp3) is 0.556. The molecule has 0 aromatic heterocycles. The topological polar surface area (TPSA) is 55.4 Å². The molecule has 0 saturated carbocycles. The van der Waals surface area contributed by atoms with E-state index in [1.165, 1.54) is 0 Å². The zero-order chi connectivity index (χ0) is 10.5. The first-order valence-electron chi connectivity index (χ1n) is 3.97. The number of ketones is 1. The molecule has 1 N–H and O–H groups in total. The molecule has 0 unspecified atom stereocenters. The normalized spacial score (nSPS) is 10.4. The summed E-state index contributed by atoms with van der Waals surface area (Å²) in [6.45, 7) is 8.46. The largest absolute Gasteiger partial charge is 0.444 e. The van der Waals surface area contributed by atoms with E-state index in [2.05, 4.69) is 11.9 Å². The van der Waals surface area contributed by atoms with Gasteiger partial charge in [-0.2, -0.15) is 0 Å². The van der Waals surface area contributed by atoms with Crippen LogP contribution in [0.15, 0.2) is 12.7 Å². The molecule has 0 heterocycles. The lowest BCUT2D eigenvalue weighted by atomic mass is 10.2. The molecule has 4 nitrogen and oxygen atoms in total. The van der Waals surface area contributed by atoms with Gasteiger partial charge < -0.3 is 10.1 Å². The van der Waals surface area contributed by atoms with Crippen molar-refractivity contribution >= 4 is 11.9 Å². The lowest BCUT2D eigenvalue weighted by Gasteiger charge is -2.19. The molecular weight excluding hydrogens is 170 g/mol. The average Bonchev–Trinajstić information content (AvgIpc) is 1.97. The molecular formula is C9H15NO3. The van der Waals surface area contributed by atoms with Crippen molar-refractivity contribution in [3.05, 3.63) is 12.7 Å². The molecule has 4 heteroatoms. The van der Waals surface area contributed by atoms with Gasteiger partial charge in [-0.25, -0.2) is 4.79 Å². The monoisotopic (exact) mass is 185 g/mol. The van der Waals surface area contributed by atoms with Crippen LogP contribution in [0.2, 0.25) is 0 Å². The summed E-state index contributed by atoms with van der Waals surface area (Å²) in [6.07, 6.45) is 0.555. The molecule has 0 aromatic carbocycles. The second kappa shape index (κ2) is 4.64. The van der Waals surface area contributed by atoms with E-state index in [-0.39, 0.29) is 12.3 Å². The summed E-state index contributed by atoms with van der Waals surface area (Å²) >= 11 is 0. The highest BCUT2D eigenvalue weighted by atomic mass is 16.6. The molecule has 0 bridgehead atoms. The van der Waals surface area contributed by atoms with E-state index in [0.717, 1.165) is 6.08 Å². The molecule has 13 heavy (non-hydrogen) atoms. The van der Waals surface area contributed by atoms with Crippen LogP contribution in [-0.2, 0) is 9.53 Å². The van der Waals surface area contributed by atoms with Gasteiger partial charge in [0, 0.05) is 0 Å². The molecule has 0 saturated heterocycles. The molecule has 0 radical (unpaired) electrons. The van der Waals surface area contributed by atoms with Gasteiger partial charge in [-0.3, -0.25) is 4.79 Å². The number of rotatable bonds is 3. The fourth-order valence-electron chi connectivity index (χ4n) is 0.546. The molecule has 0 aliphatic rings. The number of ether oxygens (including phenoxy) is 1. The van der Waals surface area contributed by atoms with Gasteiger partial charge in [0.1, 0.15) is 5.60 Å². The van der Waals surface area contributed by atoms with E-state index in [1.54, 1.807) is 20.8 Å². The molecule has 0 aliphatic heterocycles. The third kappa shape index (κ3) is 7.05. The van der Waals surface area contributed by atoms with E-state index >= 15 is 0 Å². The van der Waals surface area contributed by atoms with Crippen molar-refractivity contribution in [2.24, 2.45) is 0 Å². The minimum atomic E-state index is -0.595. The van der Waals surface area contributed by atoms with Crippen LogP contribution < -0.4 is 5.32 Å². The minimum absolute atomic E-state index is 0.0710. The van der Waals surface area contributed by atoms with Gasteiger partial charge in [0.2, 0.25) is 0 Å². The Balaban J connectivity index is 3.77. The Kier molecular flexibility index (Phi) is 4.17. The maximum atomic E-state index is 11.0. The van der Waals surface area contributed by atoms with Crippen molar-refractivity contribution in [2.75, 3.05) is 6.54 Å². The fourth-order valence-corrected chi connectivity index (χ4v) is 0.546. The number of nitrogens with one attached hydrogen (secondary N) is 1. The third-order valence-corrected chi connectivity index (χ3v) is 1.03. The quantitative estimate of drug-likeness (QED) is 0.673. The summed E-state index contributed by atoms with van der Waals surface area (Å²) in [5.74, 6) is -0.245. The summed E-state index contributed by atoms with van der Waals surface area (Å²) in [4.78, 5) is 21.7. The Morgan fingerprint density at radius 3 is 2.38 bits per heavy atom. The number of alkyl carbamates (subject to hydrolysis) is 1. The minimum Gasteiger partial charge on any atom is -0.444 e. The highest BCUT2D eigenvalue weighted by Gasteiger charge is 2.15. The van der Waals surface area contributed by atoms with E-state index in [0.29, 0.717) is 0 Å². The van der Waals surface area contributed by atoms with Crippen molar-refractivity contribution in [2.45, 2.75) is 26.4 Å². The standard InChI is InChI=1S/C9H15NO3/c1-5-7(11)6-10-8(12)13-9(2,3)4/h5H,1,6H2,2-4H3,(H,10,12). The Morgan fingerprint density at radius 2 is 2.00 bits per heavy atom. The zero-order valence-electron chi connectivity index (χ0n) is 8.22. The summed E-state index contributed by atoms with van der Waals surface area (Å²) in [5, 5.41) is 2.31. The van der Waals surface area contributed by atoms with Crippen LogP contribution in [0.3, 0.4) is 0 Å². The Labute approximate surface area is 78.0 Å². The van der Waals surface area contributed by atoms with Crippen LogP contribution in [-0.4, -0.2) is 24.0 Å². The van der Waals surface area contributed by atoms with Crippen LogP contribution in [0.5, 0.6) is 0 Å². The molecule has 0 aromatic rings. The average molecular weight is 185 g/mol. The van der Waals surface area contributed by atoms with E-state index in [9.17, 15) is 9.59 Å². The van der Waals surface area contributed by atoms with Crippen LogP contribution in [0.4, 0.5) is 4.79 Å². The molecule has 0 rings (SSSR count). The highest BCUT2D eigenvalue weighted by Crippen LogP contribution is 2.05. The molecule has 0 fully saturated rings. The number of carbonyl (C=O) groups excluding carboxylic acids is 2. The van der Waals surface area contributed by atoms with Crippen LogP contribution in [0.25, 0.3) is 0 Å². The molecule has 0 spiro atoms. The maximum absolute atomic E-state index is 11.0. The van der Waals surface area contributed by atoms with Crippen LogP contribution >= 0.6 is 0 Å². The Morgan fingerprint density at radius 1 is 1.46 bits per heavy atom. The highest BCUT2D eigenvalue weighted by molar-refractivity contribution is 5.92. The SMILES string of the molecule is C=CC(=O)CNC(=O)OC(C)(C)C. The lowest BCUT2D eigenvalue weighted by molar-refractivity contribution is -0.113. The zero-order valence-corrected chi connectivity index (χ0v) is 8.22. The second-order valence-electron chi connectivity index (χ2n) is 3.53. The smallest absolute Gasteiger partial charge is 0.408 e. The van der Waals surface area contributed by atoms with Gasteiger partial charge in [0.05, 0.1) is 6.54 Å². The summed E-state index contributed by atoms with van der Waals surface area (Å²) in [7, 11) is 0. The Bertz CT molecular complexity index is 215. The summed E-state index contributed by atoms with van der Waals surface area (Å²) < 4.78 is 4.90. The first-order valence-corrected chi connectivity index (χ1v) is 3.97. The van der Waals surface area contributed by atoms with Crippen LogP contribution in [0.1, 0.15) is 20.8 Å². The predicted molar refractivity (Wildman–Crippen MR) is 49.4 cm³/mol. The number of carbonyl (C=O) groups is 2. The van der Waals surface area contributed by atoms with Crippen molar-refractivity contribution in [3.8, 4) is 0 Å². The second-order valence-corrected chi connectivity index (χ2v) is 3.53. The van der Waals surface area contributed by atoms with Crippen molar-refractivity contribution in [1.82, 2.24) is 5.32 Å². The number of hydrogen-bond acceptors (Lipinski definition) is 3. The summed E-state index contributed by atoms with van der Waals surface area (Å²) in [6, 6.07) is 0. The number of amides is 1. The third-order valence-electron chi connectivity index (χ3n) is 1.03. The maximum Gasteiger partial charge on any atom is 0.408 e.